The minimum absolute atomic E-state index is 0.243. The van der Waals surface area contributed by atoms with Crippen LogP contribution in [0.15, 0.2) is 55.0 Å². The largest absolute Gasteiger partial charge is 0.481 e. The number of anilines is 1. The molecule has 1 aliphatic heterocycles. The minimum Gasteiger partial charge on any atom is -0.481 e. The molecule has 1 aromatic carbocycles. The van der Waals surface area contributed by atoms with Gasteiger partial charge in [-0.25, -0.2) is 4.98 Å². The lowest BCUT2D eigenvalue weighted by molar-refractivity contribution is -0.141. The maximum Gasteiger partial charge on any atom is 0.307 e. The monoisotopic (exact) mass is 442 g/mol. The number of aromatic nitrogens is 4. The Morgan fingerprint density at radius 1 is 1.24 bits per heavy atom. The predicted molar refractivity (Wildman–Crippen MR) is 128 cm³/mol. The first kappa shape index (κ1) is 21.1. The van der Waals surface area contributed by atoms with Crippen molar-refractivity contribution in [1.29, 1.82) is 0 Å². The Bertz CT molecular complexity index is 1300. The maximum absolute atomic E-state index is 11.1. The highest BCUT2D eigenvalue weighted by Crippen LogP contribution is 2.30. The lowest BCUT2D eigenvalue weighted by Crippen LogP contribution is -2.28. The van der Waals surface area contributed by atoms with Gasteiger partial charge in [0.1, 0.15) is 0 Å². The van der Waals surface area contributed by atoms with Crippen LogP contribution in [-0.4, -0.2) is 62.1 Å². The second-order valence-corrected chi connectivity index (χ2v) is 8.47. The van der Waals surface area contributed by atoms with E-state index in [1.165, 1.54) is 0 Å². The van der Waals surface area contributed by atoms with Gasteiger partial charge in [0.15, 0.2) is 0 Å². The molecule has 0 saturated carbocycles. The number of pyridine rings is 2. The van der Waals surface area contributed by atoms with E-state index < -0.39 is 5.97 Å². The Hall–Kier alpha value is -3.78. The molecule has 0 spiro atoms. The highest BCUT2D eigenvalue weighted by molar-refractivity contribution is 5.88. The fourth-order valence-corrected chi connectivity index (χ4v) is 4.36. The molecule has 1 saturated heterocycles. The lowest BCUT2D eigenvalue weighted by Gasteiger charge is -2.16. The van der Waals surface area contributed by atoms with Crippen molar-refractivity contribution in [2.75, 3.05) is 31.5 Å². The van der Waals surface area contributed by atoms with E-state index in [1.807, 2.05) is 43.5 Å². The number of rotatable bonds is 7. The second-order valence-electron chi connectivity index (χ2n) is 8.47. The first-order valence-electron chi connectivity index (χ1n) is 11.1. The number of nitrogens with zero attached hydrogens (tertiary/aromatic N) is 4. The summed E-state index contributed by atoms with van der Waals surface area (Å²) in [5.74, 6) is -0.939. The second kappa shape index (κ2) is 8.99. The Morgan fingerprint density at radius 3 is 2.97 bits per heavy atom. The van der Waals surface area contributed by atoms with Gasteiger partial charge in [0, 0.05) is 36.3 Å². The summed E-state index contributed by atoms with van der Waals surface area (Å²) in [7, 11) is 0. The van der Waals surface area contributed by atoms with Crippen molar-refractivity contribution < 1.29 is 9.90 Å². The number of carboxylic acid groups (broad SMARTS) is 1. The van der Waals surface area contributed by atoms with Crippen LogP contribution in [0.4, 0.5) is 5.69 Å². The molecule has 8 nitrogen and oxygen atoms in total. The molecule has 1 fully saturated rings. The summed E-state index contributed by atoms with van der Waals surface area (Å²) < 4.78 is 0. The van der Waals surface area contributed by atoms with Crippen LogP contribution in [0.25, 0.3) is 33.5 Å². The number of aryl methyl sites for hydroxylation is 1. The van der Waals surface area contributed by atoms with E-state index in [1.54, 1.807) is 6.33 Å². The van der Waals surface area contributed by atoms with Crippen molar-refractivity contribution in [3.05, 3.63) is 60.7 Å². The SMILES string of the molecule is Cc1cccc(-c2[nH]cnc2-c2ccc3ncc(NCCN4CC[C@H](C(=O)O)C4)cc3c2)n1. The molecule has 3 N–H and O–H groups in total. The van der Waals surface area contributed by atoms with Crippen LogP contribution in [0.1, 0.15) is 12.1 Å². The normalized spacial score (nSPS) is 16.3. The minimum atomic E-state index is -0.696. The number of aliphatic carboxylic acids is 1. The zero-order valence-electron chi connectivity index (χ0n) is 18.5. The van der Waals surface area contributed by atoms with E-state index in [-0.39, 0.29) is 5.92 Å². The van der Waals surface area contributed by atoms with E-state index >= 15 is 0 Å². The summed E-state index contributed by atoms with van der Waals surface area (Å²) in [5, 5.41) is 13.6. The van der Waals surface area contributed by atoms with Gasteiger partial charge in [-0.3, -0.25) is 14.8 Å². The number of likely N-dealkylation sites (tertiary alicyclic amines) is 1. The summed E-state index contributed by atoms with van der Waals surface area (Å²) in [6.45, 7) is 4.98. The molecule has 8 heteroatoms. The predicted octanol–water partition coefficient (Wildman–Crippen LogP) is 3.81. The first-order chi connectivity index (χ1) is 16.1. The summed E-state index contributed by atoms with van der Waals surface area (Å²) in [4.78, 5) is 30.3. The third kappa shape index (κ3) is 4.56. The number of carboxylic acids is 1. The molecular formula is C25H26N6O2. The number of nitrogens with one attached hydrogen (secondary N) is 2. The molecule has 33 heavy (non-hydrogen) atoms. The van der Waals surface area contributed by atoms with Crippen molar-refractivity contribution in [3.8, 4) is 22.6 Å². The van der Waals surface area contributed by atoms with Gasteiger partial charge >= 0.3 is 5.97 Å². The average molecular weight is 443 g/mol. The zero-order chi connectivity index (χ0) is 22.8. The Morgan fingerprint density at radius 2 is 2.15 bits per heavy atom. The summed E-state index contributed by atoms with van der Waals surface area (Å²) in [5.41, 5.74) is 6.43. The molecule has 0 bridgehead atoms. The van der Waals surface area contributed by atoms with Crippen LogP contribution < -0.4 is 5.32 Å². The van der Waals surface area contributed by atoms with Crippen LogP contribution in [0.5, 0.6) is 0 Å². The molecule has 0 amide bonds. The van der Waals surface area contributed by atoms with Crippen molar-refractivity contribution >= 4 is 22.6 Å². The van der Waals surface area contributed by atoms with Gasteiger partial charge < -0.3 is 20.3 Å². The van der Waals surface area contributed by atoms with Crippen molar-refractivity contribution in [1.82, 2.24) is 24.8 Å². The van der Waals surface area contributed by atoms with Crippen LogP contribution in [0, 0.1) is 12.8 Å². The van der Waals surface area contributed by atoms with Gasteiger partial charge in [0.2, 0.25) is 0 Å². The topological polar surface area (TPSA) is 107 Å². The molecule has 4 heterocycles. The number of aromatic amines is 1. The fourth-order valence-electron chi connectivity index (χ4n) is 4.36. The van der Waals surface area contributed by atoms with Crippen LogP contribution in [0.3, 0.4) is 0 Å². The maximum atomic E-state index is 11.1. The van der Waals surface area contributed by atoms with Crippen LogP contribution in [0.2, 0.25) is 0 Å². The number of imidazole rings is 1. The Labute approximate surface area is 191 Å². The average Bonchev–Trinajstić information content (AvgIpc) is 3.49. The van der Waals surface area contributed by atoms with Gasteiger partial charge in [-0.1, -0.05) is 12.1 Å². The van der Waals surface area contributed by atoms with E-state index in [9.17, 15) is 4.79 Å². The van der Waals surface area contributed by atoms with Gasteiger partial charge in [0.25, 0.3) is 0 Å². The number of benzene rings is 1. The molecule has 168 valence electrons. The zero-order valence-corrected chi connectivity index (χ0v) is 18.5. The van der Waals surface area contributed by atoms with Crippen molar-refractivity contribution in [3.63, 3.8) is 0 Å². The number of hydrogen-bond donors (Lipinski definition) is 3. The molecule has 3 aromatic heterocycles. The summed E-state index contributed by atoms with van der Waals surface area (Å²) >= 11 is 0. The Balaban J connectivity index is 1.32. The molecule has 0 aliphatic carbocycles. The lowest BCUT2D eigenvalue weighted by atomic mass is 10.0. The van der Waals surface area contributed by atoms with E-state index in [2.05, 4.69) is 42.3 Å². The first-order valence-corrected chi connectivity index (χ1v) is 11.1. The van der Waals surface area contributed by atoms with Crippen LogP contribution >= 0.6 is 0 Å². The number of H-pyrrole nitrogens is 1. The Kier molecular flexibility index (Phi) is 5.75. The van der Waals surface area contributed by atoms with E-state index in [0.29, 0.717) is 6.54 Å². The van der Waals surface area contributed by atoms with Gasteiger partial charge in [0.05, 0.1) is 46.7 Å². The number of fused-ring (bicyclic) bond motifs is 1. The van der Waals surface area contributed by atoms with E-state index in [0.717, 1.165) is 71.0 Å². The molecule has 1 atom stereocenters. The number of carbonyl (C=O) groups is 1. The smallest absolute Gasteiger partial charge is 0.307 e. The number of hydrogen-bond acceptors (Lipinski definition) is 6. The van der Waals surface area contributed by atoms with Crippen molar-refractivity contribution in [2.24, 2.45) is 5.92 Å². The fraction of sp³-hybridized carbons (Fsp3) is 0.280. The quantitative estimate of drug-likeness (QED) is 0.399. The summed E-state index contributed by atoms with van der Waals surface area (Å²) in [6.07, 6.45) is 4.26. The van der Waals surface area contributed by atoms with Gasteiger partial charge in [-0.15, -0.1) is 0 Å². The van der Waals surface area contributed by atoms with Crippen molar-refractivity contribution in [2.45, 2.75) is 13.3 Å². The van der Waals surface area contributed by atoms with Gasteiger partial charge in [-0.2, -0.15) is 0 Å². The highest BCUT2D eigenvalue weighted by atomic mass is 16.4. The van der Waals surface area contributed by atoms with E-state index in [4.69, 9.17) is 5.11 Å². The third-order valence-corrected chi connectivity index (χ3v) is 6.12. The molecule has 0 unspecified atom stereocenters. The molecule has 0 radical (unpaired) electrons. The molecule has 5 rings (SSSR count). The highest BCUT2D eigenvalue weighted by Gasteiger charge is 2.27. The summed E-state index contributed by atoms with van der Waals surface area (Å²) in [6, 6.07) is 14.2. The van der Waals surface area contributed by atoms with Gasteiger partial charge in [-0.05, 0) is 50.2 Å². The molecule has 4 aromatic rings. The standard InChI is InChI=1S/C25H26N6O2/c1-16-3-2-4-22(30-16)24-23(28-15-29-24)17-5-6-21-19(11-17)12-20(13-27-21)26-8-10-31-9-7-18(14-31)25(32)33/h2-6,11-13,15,18,26H,7-10,14H2,1H3,(H,28,29)(H,32,33)/t18-/m0/s1. The molecule has 1 aliphatic rings. The molecular weight excluding hydrogens is 416 g/mol. The third-order valence-electron chi connectivity index (χ3n) is 6.12. The van der Waals surface area contributed by atoms with Crippen LogP contribution in [-0.2, 0) is 4.79 Å².